The molecule has 0 aliphatic rings. The van der Waals surface area contributed by atoms with Crippen LogP contribution < -0.4 is 20.1 Å². The lowest BCUT2D eigenvalue weighted by Gasteiger charge is -2.14. The van der Waals surface area contributed by atoms with Gasteiger partial charge in [0.05, 0.1) is 10.6 Å². The average Bonchev–Trinajstić information content (AvgIpc) is 2.70. The molecule has 0 radical (unpaired) electrons. The number of para-hydroxylation sites is 2. The second-order valence-corrected chi connectivity index (χ2v) is 7.75. The summed E-state index contributed by atoms with van der Waals surface area (Å²) in [5.41, 5.74) is 0.733. The van der Waals surface area contributed by atoms with Gasteiger partial charge in [0.2, 0.25) is 5.95 Å². The molecule has 0 aliphatic heterocycles. The Morgan fingerprint density at radius 1 is 0.967 bits per heavy atom. The summed E-state index contributed by atoms with van der Waals surface area (Å²) in [5, 5.41) is 5.70. The summed E-state index contributed by atoms with van der Waals surface area (Å²) in [4.78, 5) is 7.63. The fourth-order valence-electron chi connectivity index (χ4n) is 2.30. The van der Waals surface area contributed by atoms with Crippen molar-refractivity contribution in [2.45, 2.75) is 11.5 Å². The molecule has 0 saturated carbocycles. The quantitative estimate of drug-likeness (QED) is 0.467. The summed E-state index contributed by atoms with van der Waals surface area (Å²) >= 11 is 5.17. The van der Waals surface area contributed by atoms with Gasteiger partial charge in [0.15, 0.2) is 5.11 Å². The Labute approximate surface area is 176 Å². The van der Waals surface area contributed by atoms with Gasteiger partial charge >= 0.3 is 6.61 Å². The molecule has 30 heavy (non-hydrogen) atoms. The molecular weight excluding hydrogens is 436 g/mol. The summed E-state index contributed by atoms with van der Waals surface area (Å²) in [6, 6.07) is 13.4. The molecule has 0 bridgehead atoms. The highest BCUT2D eigenvalue weighted by Gasteiger charge is 2.15. The van der Waals surface area contributed by atoms with Crippen LogP contribution in [0.3, 0.4) is 0 Å². The zero-order valence-corrected chi connectivity index (χ0v) is 16.8. The van der Waals surface area contributed by atoms with E-state index >= 15 is 0 Å². The number of anilines is 3. The van der Waals surface area contributed by atoms with Crippen LogP contribution in [0.15, 0.2) is 71.9 Å². The van der Waals surface area contributed by atoms with Crippen LogP contribution in [0.1, 0.15) is 0 Å². The average molecular weight is 451 g/mol. The van der Waals surface area contributed by atoms with Crippen molar-refractivity contribution < 1.29 is 21.9 Å². The standard InChI is InChI=1S/C18H15F2N5O3S2/c19-16(20)28-15-5-2-1-4-14(15)24-18(29)23-12-6-8-13(9-7-12)30(26,27)25-17-21-10-3-11-22-17/h1-11,16H,(H,21,22,25)(H2,23,24,29). The molecule has 0 saturated heterocycles. The largest absolute Gasteiger partial charge is 0.433 e. The van der Waals surface area contributed by atoms with E-state index in [-0.39, 0.29) is 27.4 Å². The van der Waals surface area contributed by atoms with Gasteiger partial charge in [0.1, 0.15) is 5.75 Å². The fraction of sp³-hybridized carbons (Fsp3) is 0.0556. The number of sulfonamides is 1. The van der Waals surface area contributed by atoms with Crippen LogP contribution in [0.2, 0.25) is 0 Å². The summed E-state index contributed by atoms with van der Waals surface area (Å²) in [6.45, 7) is -2.97. The van der Waals surface area contributed by atoms with Crippen LogP contribution in [-0.4, -0.2) is 30.1 Å². The van der Waals surface area contributed by atoms with Crippen molar-refractivity contribution in [3.8, 4) is 5.75 Å². The van der Waals surface area contributed by atoms with E-state index in [1.807, 2.05) is 0 Å². The molecule has 0 aliphatic carbocycles. The minimum atomic E-state index is -3.86. The molecule has 12 heteroatoms. The highest BCUT2D eigenvalue weighted by atomic mass is 32.2. The molecule has 1 heterocycles. The van der Waals surface area contributed by atoms with Crippen LogP contribution in [0.5, 0.6) is 5.75 Å². The van der Waals surface area contributed by atoms with Gasteiger partial charge in [0, 0.05) is 18.1 Å². The lowest BCUT2D eigenvalue weighted by Crippen LogP contribution is -2.20. The van der Waals surface area contributed by atoms with Crippen molar-refractivity contribution >= 4 is 44.7 Å². The zero-order chi connectivity index (χ0) is 21.6. The third kappa shape index (κ3) is 5.81. The zero-order valence-electron chi connectivity index (χ0n) is 15.1. The molecule has 1 aromatic heterocycles. The van der Waals surface area contributed by atoms with Crippen LogP contribution in [0.4, 0.5) is 26.1 Å². The van der Waals surface area contributed by atoms with E-state index in [1.54, 1.807) is 18.2 Å². The van der Waals surface area contributed by atoms with Crippen LogP contribution >= 0.6 is 12.2 Å². The molecule has 0 amide bonds. The molecule has 0 spiro atoms. The van der Waals surface area contributed by atoms with E-state index in [0.29, 0.717) is 5.69 Å². The van der Waals surface area contributed by atoms with E-state index in [4.69, 9.17) is 12.2 Å². The monoisotopic (exact) mass is 451 g/mol. The van der Waals surface area contributed by atoms with Crippen molar-refractivity contribution in [1.29, 1.82) is 0 Å². The maximum Gasteiger partial charge on any atom is 0.387 e. The molecule has 8 nitrogen and oxygen atoms in total. The Balaban J connectivity index is 1.65. The predicted molar refractivity (Wildman–Crippen MR) is 112 cm³/mol. The van der Waals surface area contributed by atoms with Gasteiger partial charge in [-0.1, -0.05) is 12.1 Å². The summed E-state index contributed by atoms with van der Waals surface area (Å²) in [5.74, 6) is -0.109. The second-order valence-electron chi connectivity index (χ2n) is 5.66. The highest BCUT2D eigenvalue weighted by molar-refractivity contribution is 7.92. The van der Waals surface area contributed by atoms with Crippen LogP contribution in [0, 0.1) is 0 Å². The molecule has 0 unspecified atom stereocenters. The maximum absolute atomic E-state index is 12.5. The van der Waals surface area contributed by atoms with Gasteiger partial charge in [-0.05, 0) is 54.7 Å². The third-order valence-corrected chi connectivity index (χ3v) is 5.11. The number of nitrogens with one attached hydrogen (secondary N) is 3. The predicted octanol–water partition coefficient (Wildman–Crippen LogP) is 3.69. The van der Waals surface area contributed by atoms with Crippen molar-refractivity contribution in [2.24, 2.45) is 0 Å². The second kappa shape index (κ2) is 9.41. The first-order valence-electron chi connectivity index (χ1n) is 8.35. The summed E-state index contributed by atoms with van der Waals surface area (Å²) < 4.78 is 56.4. The Morgan fingerprint density at radius 3 is 2.30 bits per heavy atom. The first kappa shape index (κ1) is 21.3. The molecule has 0 fully saturated rings. The Hall–Kier alpha value is -3.38. The van der Waals surface area contributed by atoms with E-state index in [1.165, 1.54) is 48.8 Å². The highest BCUT2D eigenvalue weighted by Crippen LogP contribution is 2.26. The van der Waals surface area contributed by atoms with Gasteiger partial charge in [-0.25, -0.2) is 23.1 Å². The molecule has 3 aromatic rings. The van der Waals surface area contributed by atoms with E-state index in [0.717, 1.165) is 0 Å². The van der Waals surface area contributed by atoms with Crippen molar-refractivity contribution in [1.82, 2.24) is 9.97 Å². The molecule has 3 N–H and O–H groups in total. The molecule has 2 aromatic carbocycles. The molecule has 156 valence electrons. The maximum atomic E-state index is 12.5. The minimum Gasteiger partial charge on any atom is -0.433 e. The lowest BCUT2D eigenvalue weighted by molar-refractivity contribution is -0.0493. The molecule has 0 atom stereocenters. The van der Waals surface area contributed by atoms with Gasteiger partial charge in [0.25, 0.3) is 10.0 Å². The number of ether oxygens (including phenoxy) is 1. The summed E-state index contributed by atoms with van der Waals surface area (Å²) in [6.07, 6.45) is 2.83. The van der Waals surface area contributed by atoms with Gasteiger partial charge in [-0.3, -0.25) is 0 Å². The normalized spacial score (nSPS) is 11.0. The van der Waals surface area contributed by atoms with Crippen molar-refractivity contribution in [3.63, 3.8) is 0 Å². The lowest BCUT2D eigenvalue weighted by atomic mass is 10.3. The smallest absolute Gasteiger partial charge is 0.387 e. The van der Waals surface area contributed by atoms with Crippen LogP contribution in [-0.2, 0) is 10.0 Å². The third-order valence-electron chi connectivity index (χ3n) is 3.57. The number of halogens is 2. The Kier molecular flexibility index (Phi) is 6.69. The number of aromatic nitrogens is 2. The number of hydrogen-bond acceptors (Lipinski definition) is 6. The Bertz CT molecular complexity index is 1110. The number of benzene rings is 2. The van der Waals surface area contributed by atoms with Gasteiger partial charge in [-0.2, -0.15) is 8.78 Å². The van der Waals surface area contributed by atoms with E-state index in [9.17, 15) is 17.2 Å². The van der Waals surface area contributed by atoms with Crippen molar-refractivity contribution in [2.75, 3.05) is 15.4 Å². The van der Waals surface area contributed by atoms with E-state index < -0.39 is 16.6 Å². The SMILES string of the molecule is O=S(=O)(Nc1ncccn1)c1ccc(NC(=S)Nc2ccccc2OC(F)F)cc1. The van der Waals surface area contributed by atoms with Gasteiger partial charge in [-0.15, -0.1) is 0 Å². The van der Waals surface area contributed by atoms with Crippen LogP contribution in [0.25, 0.3) is 0 Å². The fourth-order valence-corrected chi connectivity index (χ4v) is 3.49. The molecule has 3 rings (SSSR count). The minimum absolute atomic E-state index is 0.00457. The number of nitrogens with zero attached hydrogens (tertiary/aromatic N) is 2. The first-order valence-corrected chi connectivity index (χ1v) is 10.2. The van der Waals surface area contributed by atoms with Crippen molar-refractivity contribution in [3.05, 3.63) is 67.0 Å². The van der Waals surface area contributed by atoms with Gasteiger partial charge < -0.3 is 15.4 Å². The number of hydrogen-bond donors (Lipinski definition) is 3. The Morgan fingerprint density at radius 2 is 1.63 bits per heavy atom. The first-order chi connectivity index (χ1) is 14.3. The number of alkyl halides is 2. The molecular formula is C18H15F2N5O3S2. The number of thiocarbonyl (C=S) groups is 1. The van der Waals surface area contributed by atoms with E-state index in [2.05, 4.69) is 30.1 Å². The summed E-state index contributed by atoms with van der Waals surface area (Å²) in [7, 11) is -3.86. The number of rotatable bonds is 7. The topological polar surface area (TPSA) is 105 Å².